The summed E-state index contributed by atoms with van der Waals surface area (Å²) in [4.78, 5) is 14.6. The van der Waals surface area contributed by atoms with Gasteiger partial charge in [-0.05, 0) is 19.4 Å². The van der Waals surface area contributed by atoms with Crippen LogP contribution in [-0.4, -0.2) is 47.9 Å². The molecule has 5 heteroatoms. The number of fused-ring (bicyclic) bond motifs is 2. The summed E-state index contributed by atoms with van der Waals surface area (Å²) in [6.07, 6.45) is 7.22. The second kappa shape index (κ2) is 4.74. The highest BCUT2D eigenvalue weighted by molar-refractivity contribution is 5.81. The highest BCUT2D eigenvalue weighted by Crippen LogP contribution is 2.33. The lowest BCUT2D eigenvalue weighted by molar-refractivity contribution is -0.0971. The van der Waals surface area contributed by atoms with Gasteiger partial charge in [0.05, 0.1) is 25.2 Å². The molecule has 0 aliphatic carbocycles. The topological polar surface area (TPSA) is 31.3 Å². The Kier molecular flexibility index (Phi) is 3.06. The van der Waals surface area contributed by atoms with E-state index in [1.807, 2.05) is 17.5 Å². The summed E-state index contributed by atoms with van der Waals surface area (Å²) >= 11 is 0. The number of hydrogen-bond acceptors (Lipinski definition) is 5. The van der Waals surface area contributed by atoms with E-state index < -0.39 is 0 Å². The third kappa shape index (κ3) is 2.04. The van der Waals surface area contributed by atoms with Crippen molar-refractivity contribution in [3.63, 3.8) is 0 Å². The van der Waals surface area contributed by atoms with Gasteiger partial charge in [-0.15, -0.1) is 0 Å². The molecular weight excluding hydrogens is 240 g/mol. The van der Waals surface area contributed by atoms with Crippen LogP contribution in [-0.2, 0) is 4.84 Å². The molecule has 19 heavy (non-hydrogen) atoms. The van der Waals surface area contributed by atoms with Crippen molar-refractivity contribution in [1.82, 2.24) is 14.9 Å². The number of hydrogen-bond donors (Lipinski definition) is 0. The molecule has 102 valence electrons. The molecule has 3 rings (SSSR count). The minimum Gasteiger partial charge on any atom is -0.352 e. The molecule has 3 heterocycles. The molecule has 0 saturated carbocycles. The van der Waals surface area contributed by atoms with E-state index in [9.17, 15) is 0 Å². The van der Waals surface area contributed by atoms with Gasteiger partial charge in [-0.1, -0.05) is 12.5 Å². The molecule has 0 saturated heterocycles. The Morgan fingerprint density at radius 2 is 2.26 bits per heavy atom. The fourth-order valence-electron chi connectivity index (χ4n) is 2.76. The minimum absolute atomic E-state index is 0.726. The first-order valence-electron chi connectivity index (χ1n) is 6.73. The Balaban J connectivity index is 1.97. The van der Waals surface area contributed by atoms with E-state index in [0.717, 1.165) is 37.6 Å². The monoisotopic (exact) mass is 260 g/mol. The Hall–Kier alpha value is -1.75. The van der Waals surface area contributed by atoms with Crippen LogP contribution in [0.1, 0.15) is 20.3 Å². The van der Waals surface area contributed by atoms with Gasteiger partial charge in [0.1, 0.15) is 18.2 Å². The minimum atomic E-state index is 0.726. The molecular formula is C14H20N4O. The largest absolute Gasteiger partial charge is 0.352 e. The van der Waals surface area contributed by atoms with Crippen molar-refractivity contribution in [1.29, 1.82) is 0 Å². The molecule has 0 fully saturated rings. The first kappa shape index (κ1) is 12.3. The Morgan fingerprint density at radius 3 is 3.00 bits per heavy atom. The second-order valence-electron chi connectivity index (χ2n) is 5.10. The molecule has 0 unspecified atom stereocenters. The summed E-state index contributed by atoms with van der Waals surface area (Å²) in [6, 6.07) is 0. The molecule has 0 aromatic carbocycles. The number of hydroxylamine groups is 2. The first-order chi connectivity index (χ1) is 9.22. The van der Waals surface area contributed by atoms with E-state index in [2.05, 4.69) is 34.7 Å². The zero-order valence-corrected chi connectivity index (χ0v) is 11.8. The molecule has 0 aromatic rings. The van der Waals surface area contributed by atoms with Crippen molar-refractivity contribution in [2.24, 2.45) is 4.99 Å². The van der Waals surface area contributed by atoms with Crippen molar-refractivity contribution in [3.8, 4) is 0 Å². The second-order valence-corrected chi connectivity index (χ2v) is 5.10. The third-order valence-corrected chi connectivity index (χ3v) is 3.54. The standard InChI is InChI=1S/C14H20N4O/c1-4-5-16-8-11(2)6-13-14(16)18-10-17(19-3)9-12(18)7-15-13/h6-7,9H,4-5,8,10H2,1-3H3. The molecule has 0 aromatic heterocycles. The maximum absolute atomic E-state index is 5.30. The number of rotatable bonds is 3. The average Bonchev–Trinajstić information content (AvgIpc) is 2.81. The van der Waals surface area contributed by atoms with Gasteiger partial charge in [-0.25, -0.2) is 5.06 Å². The molecule has 3 aliphatic rings. The van der Waals surface area contributed by atoms with E-state index in [4.69, 9.17) is 4.84 Å². The summed E-state index contributed by atoms with van der Waals surface area (Å²) < 4.78 is 0. The predicted molar refractivity (Wildman–Crippen MR) is 74.8 cm³/mol. The van der Waals surface area contributed by atoms with Gasteiger partial charge in [0.25, 0.3) is 0 Å². The summed E-state index contributed by atoms with van der Waals surface area (Å²) in [5.41, 5.74) is 3.52. The fourth-order valence-corrected chi connectivity index (χ4v) is 2.76. The van der Waals surface area contributed by atoms with E-state index in [1.54, 1.807) is 7.11 Å². The fraction of sp³-hybridized carbons (Fsp3) is 0.500. The van der Waals surface area contributed by atoms with Crippen LogP contribution >= 0.6 is 0 Å². The summed E-state index contributed by atoms with van der Waals surface area (Å²) in [7, 11) is 1.69. The summed E-state index contributed by atoms with van der Waals surface area (Å²) in [5, 5.41) is 1.83. The van der Waals surface area contributed by atoms with Gasteiger partial charge < -0.3 is 9.80 Å². The Morgan fingerprint density at radius 1 is 1.42 bits per heavy atom. The van der Waals surface area contributed by atoms with Crippen LogP contribution in [0.3, 0.4) is 0 Å². The van der Waals surface area contributed by atoms with Crippen molar-refractivity contribution < 1.29 is 4.84 Å². The molecule has 0 spiro atoms. The SMILES string of the molecule is CCCN1CC(C)=CC2=C1N1CN(OC)C=C1C=N2. The van der Waals surface area contributed by atoms with E-state index in [-0.39, 0.29) is 0 Å². The van der Waals surface area contributed by atoms with Crippen LogP contribution in [0.5, 0.6) is 0 Å². The van der Waals surface area contributed by atoms with Crippen LogP contribution in [0.25, 0.3) is 0 Å². The lowest BCUT2D eigenvalue weighted by atomic mass is 10.1. The molecule has 0 amide bonds. The van der Waals surface area contributed by atoms with Crippen LogP contribution in [0.2, 0.25) is 0 Å². The summed E-state index contributed by atoms with van der Waals surface area (Å²) in [5.74, 6) is 1.21. The molecule has 0 N–H and O–H groups in total. The maximum Gasteiger partial charge on any atom is 0.137 e. The highest BCUT2D eigenvalue weighted by atomic mass is 16.7. The van der Waals surface area contributed by atoms with Crippen LogP contribution in [0.15, 0.2) is 40.1 Å². The normalized spacial score (nSPS) is 21.5. The number of aliphatic imine (C=N–C) groups is 1. The maximum atomic E-state index is 5.30. The average molecular weight is 260 g/mol. The van der Waals surface area contributed by atoms with E-state index in [0.29, 0.717) is 0 Å². The van der Waals surface area contributed by atoms with Crippen LogP contribution in [0, 0.1) is 0 Å². The quantitative estimate of drug-likeness (QED) is 0.775. The van der Waals surface area contributed by atoms with Gasteiger partial charge in [0.15, 0.2) is 0 Å². The van der Waals surface area contributed by atoms with Crippen molar-refractivity contribution in [2.45, 2.75) is 20.3 Å². The van der Waals surface area contributed by atoms with Crippen molar-refractivity contribution in [2.75, 3.05) is 26.9 Å². The van der Waals surface area contributed by atoms with Crippen LogP contribution in [0.4, 0.5) is 0 Å². The van der Waals surface area contributed by atoms with Crippen molar-refractivity contribution in [3.05, 3.63) is 35.1 Å². The Labute approximate surface area is 114 Å². The summed E-state index contributed by atoms with van der Waals surface area (Å²) in [6.45, 7) is 7.14. The number of allylic oxidation sites excluding steroid dienone is 2. The smallest absolute Gasteiger partial charge is 0.137 e. The lowest BCUT2D eigenvalue weighted by Crippen LogP contribution is -2.41. The molecule has 5 nitrogen and oxygen atoms in total. The predicted octanol–water partition coefficient (Wildman–Crippen LogP) is 1.89. The highest BCUT2D eigenvalue weighted by Gasteiger charge is 2.32. The van der Waals surface area contributed by atoms with Crippen LogP contribution < -0.4 is 0 Å². The Bertz CT molecular complexity index is 504. The van der Waals surface area contributed by atoms with Gasteiger partial charge in [0.2, 0.25) is 0 Å². The third-order valence-electron chi connectivity index (χ3n) is 3.54. The molecule has 0 bridgehead atoms. The molecule has 0 atom stereocenters. The molecule has 0 radical (unpaired) electrons. The first-order valence-corrected chi connectivity index (χ1v) is 6.73. The van der Waals surface area contributed by atoms with Gasteiger partial charge in [-0.3, -0.25) is 9.83 Å². The zero-order valence-electron chi connectivity index (χ0n) is 11.8. The van der Waals surface area contributed by atoms with Gasteiger partial charge in [0, 0.05) is 13.1 Å². The van der Waals surface area contributed by atoms with Gasteiger partial charge >= 0.3 is 0 Å². The zero-order chi connectivity index (χ0) is 13.4. The molecule has 3 aliphatic heterocycles. The lowest BCUT2D eigenvalue weighted by Gasteiger charge is -2.39. The van der Waals surface area contributed by atoms with Gasteiger partial charge in [-0.2, -0.15) is 0 Å². The van der Waals surface area contributed by atoms with Crippen molar-refractivity contribution >= 4 is 6.21 Å². The number of nitrogens with zero attached hydrogens (tertiary/aromatic N) is 4. The van der Waals surface area contributed by atoms with E-state index in [1.165, 1.54) is 11.4 Å². The van der Waals surface area contributed by atoms with E-state index >= 15 is 0 Å².